The molecule has 14 heteroatoms. The van der Waals surface area contributed by atoms with Gasteiger partial charge in [0.05, 0.1) is 126 Å². The largest absolute Gasteiger partial charge is 0.481 e. The number of carbonyl (C=O) groups is 2. The number of carboxylic acids is 1. The Kier molecular flexibility index (Phi) is 37.5. The van der Waals surface area contributed by atoms with Crippen molar-refractivity contribution in [1.82, 2.24) is 0 Å². The molecule has 0 aromatic rings. The van der Waals surface area contributed by atoms with Gasteiger partial charge in [-0.1, -0.05) is 19.8 Å². The molecule has 0 aliphatic heterocycles. The zero-order valence-electron chi connectivity index (χ0n) is 27.6. The van der Waals surface area contributed by atoms with Gasteiger partial charge in [-0.2, -0.15) is 0 Å². The van der Waals surface area contributed by atoms with Crippen LogP contribution in [0.15, 0.2) is 0 Å². The van der Waals surface area contributed by atoms with Crippen molar-refractivity contribution in [3.63, 3.8) is 0 Å². The summed E-state index contributed by atoms with van der Waals surface area (Å²) in [5, 5.41) is 8.54. The summed E-state index contributed by atoms with van der Waals surface area (Å²) in [5.41, 5.74) is 0. The predicted molar refractivity (Wildman–Crippen MR) is 165 cm³/mol. The molecule has 0 aliphatic rings. The fraction of sp³-hybridized carbons (Fsp3) is 0.935. The maximum atomic E-state index is 11.5. The smallest absolute Gasteiger partial charge is 0.305 e. The molecule has 0 atom stereocenters. The molecule has 0 rings (SSSR count). The highest BCUT2D eigenvalue weighted by Crippen LogP contribution is 2.01. The van der Waals surface area contributed by atoms with E-state index in [1.54, 1.807) is 0 Å². The molecule has 0 bridgehead atoms. The summed E-state index contributed by atoms with van der Waals surface area (Å²) in [6.45, 7) is 12.5. The quantitative estimate of drug-likeness (QED) is 0.0761. The van der Waals surface area contributed by atoms with Crippen molar-refractivity contribution in [3.8, 4) is 0 Å². The molecule has 0 saturated carbocycles. The van der Waals surface area contributed by atoms with Crippen molar-refractivity contribution in [1.29, 1.82) is 0 Å². The van der Waals surface area contributed by atoms with E-state index in [1.807, 2.05) is 0 Å². The van der Waals surface area contributed by atoms with Crippen LogP contribution in [0.5, 0.6) is 0 Å². The number of hydrogen-bond acceptors (Lipinski definition) is 13. The maximum absolute atomic E-state index is 11.5. The van der Waals surface area contributed by atoms with E-state index in [4.69, 9.17) is 57.2 Å². The molecule has 0 amide bonds. The molecule has 0 spiro atoms. The lowest BCUT2D eigenvalue weighted by Crippen LogP contribution is -2.15. The highest BCUT2D eigenvalue weighted by molar-refractivity contribution is 5.69. The third kappa shape index (κ3) is 40.5. The van der Waals surface area contributed by atoms with E-state index in [0.717, 1.165) is 13.0 Å². The van der Waals surface area contributed by atoms with Crippen LogP contribution in [0.2, 0.25) is 0 Å². The number of carbonyl (C=O) groups excluding carboxylic acids is 1. The van der Waals surface area contributed by atoms with E-state index in [0.29, 0.717) is 132 Å². The fourth-order valence-corrected chi connectivity index (χ4v) is 3.37. The second-order valence-corrected chi connectivity index (χ2v) is 9.65. The molecule has 0 aliphatic carbocycles. The second-order valence-electron chi connectivity index (χ2n) is 9.65. The second kappa shape index (κ2) is 38.7. The van der Waals surface area contributed by atoms with Gasteiger partial charge in [0.1, 0.15) is 6.61 Å². The average Bonchev–Trinajstić information content (AvgIpc) is 3.03. The Balaban J connectivity index is 3.09. The Morgan fingerprint density at radius 1 is 0.378 bits per heavy atom. The van der Waals surface area contributed by atoms with Gasteiger partial charge in [0.2, 0.25) is 0 Å². The summed E-state index contributed by atoms with van der Waals surface area (Å²) >= 11 is 0. The highest BCUT2D eigenvalue weighted by Gasteiger charge is 2.04. The van der Waals surface area contributed by atoms with E-state index in [-0.39, 0.29) is 32.0 Å². The van der Waals surface area contributed by atoms with Gasteiger partial charge in [-0.05, 0) is 19.3 Å². The number of ether oxygens (including phenoxy) is 11. The highest BCUT2D eigenvalue weighted by atomic mass is 16.6. The monoisotopic (exact) mass is 656 g/mol. The molecule has 0 radical (unpaired) electrons. The molecule has 0 aromatic heterocycles. The Hall–Kier alpha value is -1.46. The number of aliphatic carboxylic acids is 1. The van der Waals surface area contributed by atoms with Crippen molar-refractivity contribution < 1.29 is 66.8 Å². The van der Waals surface area contributed by atoms with Crippen LogP contribution in [0.3, 0.4) is 0 Å². The van der Waals surface area contributed by atoms with E-state index < -0.39 is 5.97 Å². The van der Waals surface area contributed by atoms with Crippen molar-refractivity contribution in [2.45, 2.75) is 51.9 Å². The van der Waals surface area contributed by atoms with Crippen molar-refractivity contribution in [3.05, 3.63) is 0 Å². The molecule has 1 N–H and O–H groups in total. The first-order valence-electron chi connectivity index (χ1n) is 16.3. The summed E-state index contributed by atoms with van der Waals surface area (Å²) in [4.78, 5) is 21.9. The minimum Gasteiger partial charge on any atom is -0.481 e. The van der Waals surface area contributed by atoms with Crippen LogP contribution in [0, 0.1) is 0 Å². The first-order chi connectivity index (χ1) is 22.2. The molecule has 0 unspecified atom stereocenters. The number of rotatable bonds is 39. The van der Waals surface area contributed by atoms with Gasteiger partial charge in [0, 0.05) is 19.4 Å². The first kappa shape index (κ1) is 43.5. The van der Waals surface area contributed by atoms with Crippen LogP contribution in [0.25, 0.3) is 0 Å². The van der Waals surface area contributed by atoms with Crippen LogP contribution >= 0.6 is 0 Å². The van der Waals surface area contributed by atoms with Gasteiger partial charge in [-0.3, -0.25) is 9.59 Å². The molecule has 0 fully saturated rings. The van der Waals surface area contributed by atoms with E-state index in [9.17, 15) is 9.59 Å². The predicted octanol–water partition coefficient (Wildman–Crippen LogP) is 2.53. The van der Waals surface area contributed by atoms with Crippen molar-refractivity contribution >= 4 is 11.9 Å². The van der Waals surface area contributed by atoms with Gasteiger partial charge in [0.25, 0.3) is 0 Å². The molecule has 0 aromatic carbocycles. The first-order valence-corrected chi connectivity index (χ1v) is 16.3. The van der Waals surface area contributed by atoms with Crippen LogP contribution < -0.4 is 0 Å². The van der Waals surface area contributed by atoms with Gasteiger partial charge in [0.15, 0.2) is 0 Å². The summed E-state index contributed by atoms with van der Waals surface area (Å²) in [6, 6.07) is 0. The lowest BCUT2D eigenvalue weighted by molar-refractivity contribution is -0.146. The lowest BCUT2D eigenvalue weighted by Gasteiger charge is -2.09. The van der Waals surface area contributed by atoms with Gasteiger partial charge >= 0.3 is 11.9 Å². The molecule has 45 heavy (non-hydrogen) atoms. The number of hydrogen-bond donors (Lipinski definition) is 1. The number of unbranched alkanes of at least 4 members (excludes halogenated alkanes) is 3. The van der Waals surface area contributed by atoms with E-state index in [1.165, 1.54) is 12.8 Å². The fourth-order valence-electron chi connectivity index (χ4n) is 3.37. The standard InChI is InChI=1S/C31H60O14/c1-2-3-6-9-35-10-11-36-12-13-37-14-15-38-16-17-39-18-19-40-20-21-41-22-23-42-24-25-43-26-27-44-28-29-45-31(34)8-5-4-7-30(32)33/h2-29H2,1H3,(H,32,33). The van der Waals surface area contributed by atoms with Gasteiger partial charge in [-0.25, -0.2) is 0 Å². The molecular formula is C31H60O14. The third-order valence-corrected chi connectivity index (χ3v) is 5.75. The molecule has 0 heterocycles. The Labute approximate surface area is 269 Å². The van der Waals surface area contributed by atoms with Crippen LogP contribution in [-0.4, -0.2) is 156 Å². The van der Waals surface area contributed by atoms with Crippen molar-refractivity contribution in [2.24, 2.45) is 0 Å². The third-order valence-electron chi connectivity index (χ3n) is 5.75. The van der Waals surface area contributed by atoms with Crippen LogP contribution in [0.1, 0.15) is 51.9 Å². The van der Waals surface area contributed by atoms with Crippen LogP contribution in [0.4, 0.5) is 0 Å². The number of esters is 1. The van der Waals surface area contributed by atoms with Gasteiger partial charge in [-0.15, -0.1) is 0 Å². The summed E-state index contributed by atoms with van der Waals surface area (Å²) in [5.74, 6) is -1.21. The average molecular weight is 657 g/mol. The molecule has 14 nitrogen and oxygen atoms in total. The summed E-state index contributed by atoms with van der Waals surface area (Å²) in [6.07, 6.45) is 4.77. The molecular weight excluding hydrogens is 596 g/mol. The minimum absolute atomic E-state index is 0.0619. The normalized spacial score (nSPS) is 11.3. The minimum atomic E-state index is -0.861. The lowest BCUT2D eigenvalue weighted by atomic mass is 10.2. The Morgan fingerprint density at radius 2 is 0.667 bits per heavy atom. The Morgan fingerprint density at radius 3 is 0.978 bits per heavy atom. The zero-order valence-corrected chi connectivity index (χ0v) is 27.6. The Bertz CT molecular complexity index is 611. The summed E-state index contributed by atoms with van der Waals surface area (Å²) < 4.78 is 59.4. The summed E-state index contributed by atoms with van der Waals surface area (Å²) in [7, 11) is 0. The van der Waals surface area contributed by atoms with Crippen molar-refractivity contribution in [2.75, 3.05) is 139 Å². The molecule has 0 saturated heterocycles. The maximum Gasteiger partial charge on any atom is 0.305 e. The van der Waals surface area contributed by atoms with Gasteiger partial charge < -0.3 is 57.2 Å². The topological polar surface area (TPSA) is 156 Å². The zero-order chi connectivity index (χ0) is 32.7. The molecule has 268 valence electrons. The van der Waals surface area contributed by atoms with E-state index >= 15 is 0 Å². The van der Waals surface area contributed by atoms with E-state index in [2.05, 4.69) is 6.92 Å². The van der Waals surface area contributed by atoms with Crippen LogP contribution in [-0.2, 0) is 61.7 Å². The number of carboxylic acid groups (broad SMARTS) is 1. The SMILES string of the molecule is CCCCCOCCOCCOCCOCCOCCOCCOCCOCCOCCOCCOC(=O)CCCCC(=O)O.